The van der Waals surface area contributed by atoms with Gasteiger partial charge in [-0.2, -0.15) is 5.10 Å². The van der Waals surface area contributed by atoms with Gasteiger partial charge in [0.2, 0.25) is 5.91 Å². The van der Waals surface area contributed by atoms with Gasteiger partial charge in [0.15, 0.2) is 0 Å². The Bertz CT molecular complexity index is 662. The monoisotopic (exact) mass is 330 g/mol. The quantitative estimate of drug-likeness (QED) is 0.842. The van der Waals surface area contributed by atoms with Crippen molar-refractivity contribution < 1.29 is 4.79 Å². The van der Waals surface area contributed by atoms with Crippen LogP contribution in [0.4, 0.5) is 0 Å². The lowest BCUT2D eigenvalue weighted by molar-refractivity contribution is -0.138. The van der Waals surface area contributed by atoms with E-state index in [0.717, 1.165) is 38.2 Å². The third kappa shape index (κ3) is 3.20. The molecule has 0 bridgehead atoms. The summed E-state index contributed by atoms with van der Waals surface area (Å²) in [6, 6.07) is 0.0170. The van der Waals surface area contributed by atoms with E-state index in [1.54, 1.807) is 11.0 Å². The van der Waals surface area contributed by atoms with Crippen LogP contribution < -0.4 is 0 Å². The van der Waals surface area contributed by atoms with Crippen LogP contribution >= 0.6 is 0 Å². The highest BCUT2D eigenvalue weighted by molar-refractivity contribution is 5.80. The molecule has 0 aliphatic carbocycles. The molecule has 2 atom stereocenters. The van der Waals surface area contributed by atoms with Gasteiger partial charge in [-0.3, -0.25) is 4.79 Å². The summed E-state index contributed by atoms with van der Waals surface area (Å²) in [5.41, 5.74) is 0. The Morgan fingerprint density at radius 1 is 1.42 bits per heavy atom. The topological polar surface area (TPSA) is 68.8 Å². The van der Waals surface area contributed by atoms with Crippen LogP contribution in [-0.2, 0) is 11.2 Å². The number of nitrogens with zero attached hydrogens (tertiary/aromatic N) is 6. The van der Waals surface area contributed by atoms with Gasteiger partial charge in [0, 0.05) is 31.9 Å². The van der Waals surface area contributed by atoms with Crippen molar-refractivity contribution in [1.29, 1.82) is 0 Å². The number of carbonyl (C=O) groups excluding carboxylic acids is 1. The lowest BCUT2D eigenvalue weighted by Gasteiger charge is -2.36. The molecule has 0 N–H and O–H groups in total. The van der Waals surface area contributed by atoms with Crippen molar-refractivity contribution in [2.45, 2.75) is 52.1 Å². The summed E-state index contributed by atoms with van der Waals surface area (Å²) < 4.78 is 3.92. The van der Waals surface area contributed by atoms with Crippen LogP contribution in [0, 0.1) is 5.92 Å². The summed E-state index contributed by atoms with van der Waals surface area (Å²) in [6.45, 7) is 7.76. The van der Waals surface area contributed by atoms with Crippen molar-refractivity contribution in [1.82, 2.24) is 29.2 Å². The highest BCUT2D eigenvalue weighted by atomic mass is 16.2. The lowest BCUT2D eigenvalue weighted by Crippen LogP contribution is -2.45. The van der Waals surface area contributed by atoms with Gasteiger partial charge in [-0.05, 0) is 18.8 Å². The second kappa shape index (κ2) is 7.15. The Balaban J connectivity index is 1.77. The molecule has 1 saturated heterocycles. The van der Waals surface area contributed by atoms with Crippen LogP contribution in [0.15, 0.2) is 25.0 Å². The number of imidazole rings is 1. The number of hydrogen-bond acceptors (Lipinski definition) is 4. The van der Waals surface area contributed by atoms with E-state index in [9.17, 15) is 4.79 Å². The Morgan fingerprint density at radius 3 is 2.92 bits per heavy atom. The van der Waals surface area contributed by atoms with E-state index in [4.69, 9.17) is 0 Å². The highest BCUT2D eigenvalue weighted by Gasteiger charge is 2.33. The van der Waals surface area contributed by atoms with E-state index in [1.165, 1.54) is 6.33 Å². The first-order chi connectivity index (χ1) is 11.6. The first-order valence-corrected chi connectivity index (χ1v) is 8.76. The molecule has 1 aliphatic rings. The minimum Gasteiger partial charge on any atom is -0.339 e. The molecule has 0 aromatic carbocycles. The van der Waals surface area contributed by atoms with E-state index >= 15 is 0 Å². The van der Waals surface area contributed by atoms with Crippen molar-refractivity contribution in [3.8, 4) is 0 Å². The zero-order chi connectivity index (χ0) is 17.1. The normalized spacial score (nSPS) is 19.7. The first kappa shape index (κ1) is 16.7. The van der Waals surface area contributed by atoms with Crippen molar-refractivity contribution in [2.24, 2.45) is 5.92 Å². The maximum Gasteiger partial charge on any atom is 0.247 e. The molecule has 2 aromatic heterocycles. The predicted molar refractivity (Wildman–Crippen MR) is 90.4 cm³/mol. The molecule has 0 unspecified atom stereocenters. The second-order valence-corrected chi connectivity index (χ2v) is 6.75. The molecule has 24 heavy (non-hydrogen) atoms. The zero-order valence-corrected chi connectivity index (χ0v) is 14.7. The molecule has 7 nitrogen and oxygen atoms in total. The van der Waals surface area contributed by atoms with Crippen LogP contribution in [0.5, 0.6) is 0 Å². The average Bonchev–Trinajstić information content (AvgIpc) is 3.26. The van der Waals surface area contributed by atoms with E-state index in [2.05, 4.69) is 40.4 Å². The van der Waals surface area contributed by atoms with Crippen LogP contribution in [0.1, 0.15) is 51.5 Å². The fourth-order valence-electron chi connectivity index (χ4n) is 3.58. The number of aryl methyl sites for hydroxylation is 1. The van der Waals surface area contributed by atoms with Crippen molar-refractivity contribution in [2.75, 3.05) is 13.1 Å². The number of amides is 1. The Morgan fingerprint density at radius 2 is 2.25 bits per heavy atom. The third-order valence-corrected chi connectivity index (χ3v) is 4.77. The smallest absolute Gasteiger partial charge is 0.247 e. The van der Waals surface area contributed by atoms with Gasteiger partial charge in [-0.25, -0.2) is 14.6 Å². The van der Waals surface area contributed by atoms with Crippen LogP contribution in [-0.4, -0.2) is 48.2 Å². The van der Waals surface area contributed by atoms with E-state index < -0.39 is 0 Å². The van der Waals surface area contributed by atoms with Gasteiger partial charge in [0.1, 0.15) is 24.5 Å². The molecule has 1 amide bonds. The number of hydrogen-bond donors (Lipinski definition) is 0. The van der Waals surface area contributed by atoms with Crippen LogP contribution in [0.2, 0.25) is 0 Å². The maximum absolute atomic E-state index is 13.1. The summed E-state index contributed by atoms with van der Waals surface area (Å²) in [7, 11) is 0. The number of carbonyl (C=O) groups is 1. The molecule has 130 valence electrons. The minimum atomic E-state index is -0.292. The van der Waals surface area contributed by atoms with E-state index in [1.807, 2.05) is 17.3 Å². The summed E-state index contributed by atoms with van der Waals surface area (Å²) >= 11 is 0. The Hall–Kier alpha value is -2.18. The first-order valence-electron chi connectivity index (χ1n) is 8.76. The fraction of sp³-hybridized carbons (Fsp3) is 0.647. The van der Waals surface area contributed by atoms with E-state index in [0.29, 0.717) is 6.04 Å². The summed E-state index contributed by atoms with van der Waals surface area (Å²) in [5.74, 6) is 1.39. The van der Waals surface area contributed by atoms with E-state index in [-0.39, 0.29) is 17.9 Å². The molecule has 0 spiro atoms. The molecule has 1 aliphatic heterocycles. The van der Waals surface area contributed by atoms with Crippen molar-refractivity contribution in [3.63, 3.8) is 0 Å². The Labute approximate surface area is 142 Å². The number of piperidine rings is 1. The fourth-order valence-corrected chi connectivity index (χ4v) is 3.58. The second-order valence-electron chi connectivity index (χ2n) is 6.75. The largest absolute Gasteiger partial charge is 0.339 e. The molecule has 3 rings (SSSR count). The molecule has 1 fully saturated rings. The van der Waals surface area contributed by atoms with Gasteiger partial charge in [0.05, 0.1) is 6.04 Å². The molecular weight excluding hydrogens is 304 g/mol. The van der Waals surface area contributed by atoms with Gasteiger partial charge >= 0.3 is 0 Å². The van der Waals surface area contributed by atoms with Gasteiger partial charge in [-0.1, -0.05) is 20.8 Å². The molecular formula is C17H26N6O. The molecule has 3 heterocycles. The standard InChI is InChI=1S/C17H26N6O/c1-4-15-19-7-9-22(15)14-6-5-8-21(10-14)17(24)16(13(2)3)23-12-18-11-20-23/h7,9,11-14,16H,4-6,8,10H2,1-3H3/t14-,16-/m1/s1. The highest BCUT2D eigenvalue weighted by Crippen LogP contribution is 2.27. The summed E-state index contributed by atoms with van der Waals surface area (Å²) in [6.07, 6.45) is 10.0. The van der Waals surface area contributed by atoms with Gasteiger partial charge in [-0.15, -0.1) is 0 Å². The van der Waals surface area contributed by atoms with Crippen LogP contribution in [0.25, 0.3) is 0 Å². The molecule has 0 saturated carbocycles. The van der Waals surface area contributed by atoms with Gasteiger partial charge < -0.3 is 9.47 Å². The Kier molecular flexibility index (Phi) is 4.97. The van der Waals surface area contributed by atoms with Crippen LogP contribution in [0.3, 0.4) is 0 Å². The maximum atomic E-state index is 13.1. The van der Waals surface area contributed by atoms with Crippen molar-refractivity contribution in [3.05, 3.63) is 30.9 Å². The SMILES string of the molecule is CCc1nccn1[C@@H]1CCCN(C(=O)[C@@H](C(C)C)n2cncn2)C1. The predicted octanol–water partition coefficient (Wildman–Crippen LogP) is 2.10. The number of rotatable bonds is 5. The molecule has 0 radical (unpaired) electrons. The summed E-state index contributed by atoms with van der Waals surface area (Å²) in [4.78, 5) is 23.5. The third-order valence-electron chi connectivity index (χ3n) is 4.77. The average molecular weight is 330 g/mol. The lowest BCUT2D eigenvalue weighted by atomic mass is 9.99. The summed E-state index contributed by atoms with van der Waals surface area (Å²) in [5, 5.41) is 4.19. The van der Waals surface area contributed by atoms with Gasteiger partial charge in [0.25, 0.3) is 0 Å². The van der Waals surface area contributed by atoms with Crippen molar-refractivity contribution >= 4 is 5.91 Å². The number of aromatic nitrogens is 5. The molecule has 2 aromatic rings. The minimum absolute atomic E-state index is 0.137. The zero-order valence-electron chi connectivity index (χ0n) is 14.7. The number of likely N-dealkylation sites (tertiary alicyclic amines) is 1. The molecule has 7 heteroatoms.